The number of pyridine rings is 1. The summed E-state index contributed by atoms with van der Waals surface area (Å²) < 4.78 is 13.5. The molecule has 5 nitrogen and oxygen atoms in total. The molecule has 0 radical (unpaired) electrons. The van der Waals surface area contributed by atoms with E-state index in [1.807, 2.05) is 19.1 Å². The standard InChI is InChI=1S/C20H19FN4O/c1-12-7-8-22-17(9-12)19(13-5-6-13)24-20(26)16-11-23-25-18(16)14-3-2-4-15(21)10-14/h2-4,7-11,13,19H,5-6H2,1H3,(H,23,25)(H,24,26)/t19-/m0/s1. The minimum atomic E-state index is -0.358. The highest BCUT2D eigenvalue weighted by atomic mass is 19.1. The van der Waals surface area contributed by atoms with Gasteiger partial charge in [-0.15, -0.1) is 0 Å². The number of nitrogens with one attached hydrogen (secondary N) is 2. The monoisotopic (exact) mass is 350 g/mol. The van der Waals surface area contributed by atoms with Crippen molar-refractivity contribution in [3.63, 3.8) is 0 Å². The summed E-state index contributed by atoms with van der Waals surface area (Å²) in [5, 5.41) is 9.88. The van der Waals surface area contributed by atoms with Crippen LogP contribution in [0.5, 0.6) is 0 Å². The Morgan fingerprint density at radius 2 is 2.15 bits per heavy atom. The molecule has 0 bridgehead atoms. The summed E-state index contributed by atoms with van der Waals surface area (Å²) in [5.41, 5.74) is 3.47. The predicted octanol–water partition coefficient (Wildman–Crippen LogP) is 3.80. The summed E-state index contributed by atoms with van der Waals surface area (Å²) in [4.78, 5) is 17.3. The summed E-state index contributed by atoms with van der Waals surface area (Å²) in [5.74, 6) is -0.195. The quantitative estimate of drug-likeness (QED) is 0.735. The van der Waals surface area contributed by atoms with Gasteiger partial charge in [0.05, 0.1) is 29.2 Å². The molecule has 0 spiro atoms. The number of H-pyrrole nitrogens is 1. The first-order valence-corrected chi connectivity index (χ1v) is 8.64. The van der Waals surface area contributed by atoms with E-state index >= 15 is 0 Å². The zero-order chi connectivity index (χ0) is 18.1. The molecule has 1 aliphatic rings. The van der Waals surface area contributed by atoms with E-state index in [2.05, 4.69) is 20.5 Å². The van der Waals surface area contributed by atoms with Crippen LogP contribution < -0.4 is 5.32 Å². The third kappa shape index (κ3) is 3.35. The number of hydrogen-bond donors (Lipinski definition) is 2. The van der Waals surface area contributed by atoms with Gasteiger partial charge in [-0.05, 0) is 55.5 Å². The maximum absolute atomic E-state index is 13.5. The molecule has 3 aromatic rings. The fraction of sp³-hybridized carbons (Fsp3) is 0.250. The van der Waals surface area contributed by atoms with Crippen molar-refractivity contribution in [2.24, 2.45) is 5.92 Å². The molecular weight excluding hydrogens is 331 g/mol. The molecule has 4 rings (SSSR count). The van der Waals surface area contributed by atoms with Gasteiger partial charge in [-0.25, -0.2) is 4.39 Å². The van der Waals surface area contributed by atoms with Crippen molar-refractivity contribution < 1.29 is 9.18 Å². The summed E-state index contributed by atoms with van der Waals surface area (Å²) in [6.07, 6.45) is 5.39. The van der Waals surface area contributed by atoms with Gasteiger partial charge in [0, 0.05) is 11.8 Å². The van der Waals surface area contributed by atoms with E-state index < -0.39 is 0 Å². The number of halogens is 1. The molecule has 1 amide bonds. The average molecular weight is 350 g/mol. The molecule has 132 valence electrons. The number of carbonyl (C=O) groups is 1. The van der Waals surface area contributed by atoms with Gasteiger partial charge < -0.3 is 5.32 Å². The van der Waals surface area contributed by atoms with E-state index in [0.29, 0.717) is 22.7 Å². The minimum Gasteiger partial charge on any atom is -0.343 e. The molecule has 1 fully saturated rings. The van der Waals surface area contributed by atoms with Crippen LogP contribution in [0, 0.1) is 18.7 Å². The van der Waals surface area contributed by atoms with Crippen molar-refractivity contribution in [3.8, 4) is 11.3 Å². The molecule has 2 heterocycles. The molecular formula is C20H19FN4O. The van der Waals surface area contributed by atoms with Crippen LogP contribution >= 0.6 is 0 Å². The highest BCUT2D eigenvalue weighted by molar-refractivity contribution is 5.99. The highest BCUT2D eigenvalue weighted by Crippen LogP contribution is 2.40. The third-order valence-electron chi connectivity index (χ3n) is 4.63. The normalized spacial score (nSPS) is 14.8. The first-order chi connectivity index (χ1) is 12.6. The van der Waals surface area contributed by atoms with Crippen molar-refractivity contribution >= 4 is 5.91 Å². The zero-order valence-corrected chi connectivity index (χ0v) is 14.4. The second-order valence-corrected chi connectivity index (χ2v) is 6.72. The van der Waals surface area contributed by atoms with Crippen molar-refractivity contribution in [1.82, 2.24) is 20.5 Å². The van der Waals surface area contributed by atoms with E-state index in [1.165, 1.54) is 18.3 Å². The second-order valence-electron chi connectivity index (χ2n) is 6.72. The molecule has 0 saturated heterocycles. The Morgan fingerprint density at radius 3 is 2.88 bits per heavy atom. The molecule has 26 heavy (non-hydrogen) atoms. The lowest BCUT2D eigenvalue weighted by Crippen LogP contribution is -2.30. The summed E-state index contributed by atoms with van der Waals surface area (Å²) in [6, 6.07) is 9.92. The van der Waals surface area contributed by atoms with Gasteiger partial charge >= 0.3 is 0 Å². The molecule has 1 aromatic carbocycles. The van der Waals surface area contributed by atoms with Crippen LogP contribution in [0.1, 0.15) is 40.5 Å². The number of aromatic amines is 1. The van der Waals surface area contributed by atoms with Gasteiger partial charge in [-0.2, -0.15) is 5.10 Å². The van der Waals surface area contributed by atoms with Gasteiger partial charge in [-0.3, -0.25) is 14.9 Å². The Hall–Kier alpha value is -3.02. The van der Waals surface area contributed by atoms with Crippen molar-refractivity contribution in [2.75, 3.05) is 0 Å². The van der Waals surface area contributed by atoms with Crippen LogP contribution in [-0.2, 0) is 0 Å². The molecule has 0 unspecified atom stereocenters. The fourth-order valence-corrected chi connectivity index (χ4v) is 3.13. The zero-order valence-electron chi connectivity index (χ0n) is 14.4. The average Bonchev–Trinajstić information content (AvgIpc) is 3.34. The molecule has 0 aliphatic heterocycles. The molecule has 6 heteroatoms. The Morgan fingerprint density at radius 1 is 1.31 bits per heavy atom. The van der Waals surface area contributed by atoms with Crippen molar-refractivity contribution in [3.05, 3.63) is 71.4 Å². The lowest BCUT2D eigenvalue weighted by Gasteiger charge is -2.18. The van der Waals surface area contributed by atoms with Gasteiger partial charge in [-0.1, -0.05) is 12.1 Å². The molecule has 2 aromatic heterocycles. The summed E-state index contributed by atoms with van der Waals surface area (Å²) in [7, 11) is 0. The van der Waals surface area contributed by atoms with Crippen LogP contribution in [0.3, 0.4) is 0 Å². The Bertz CT molecular complexity index is 948. The van der Waals surface area contributed by atoms with Crippen LogP contribution in [0.25, 0.3) is 11.3 Å². The molecule has 1 atom stereocenters. The maximum atomic E-state index is 13.5. The first kappa shape index (κ1) is 16.4. The molecule has 2 N–H and O–H groups in total. The highest BCUT2D eigenvalue weighted by Gasteiger charge is 2.35. The van der Waals surface area contributed by atoms with Gasteiger partial charge in [0.15, 0.2) is 0 Å². The van der Waals surface area contributed by atoms with E-state index in [9.17, 15) is 9.18 Å². The number of benzene rings is 1. The summed E-state index contributed by atoms with van der Waals surface area (Å²) >= 11 is 0. The first-order valence-electron chi connectivity index (χ1n) is 8.64. The Kier molecular flexibility index (Phi) is 4.24. The van der Waals surface area contributed by atoms with Crippen LogP contribution in [-0.4, -0.2) is 21.1 Å². The van der Waals surface area contributed by atoms with Crippen molar-refractivity contribution in [1.29, 1.82) is 0 Å². The van der Waals surface area contributed by atoms with E-state index in [1.54, 1.807) is 18.3 Å². The van der Waals surface area contributed by atoms with Gasteiger partial charge in [0.25, 0.3) is 5.91 Å². The van der Waals surface area contributed by atoms with E-state index in [0.717, 1.165) is 24.1 Å². The van der Waals surface area contributed by atoms with Crippen molar-refractivity contribution in [2.45, 2.75) is 25.8 Å². The number of aryl methyl sites for hydroxylation is 1. The molecule has 1 saturated carbocycles. The lowest BCUT2D eigenvalue weighted by molar-refractivity contribution is 0.0931. The number of nitrogens with zero attached hydrogens (tertiary/aromatic N) is 2. The fourth-order valence-electron chi connectivity index (χ4n) is 3.13. The Labute approximate surface area is 150 Å². The SMILES string of the molecule is Cc1ccnc([C@@H](NC(=O)c2cn[nH]c2-c2cccc(F)c2)C2CC2)c1. The number of carbonyl (C=O) groups excluding carboxylic acids is 1. The topological polar surface area (TPSA) is 70.7 Å². The number of aromatic nitrogens is 3. The van der Waals surface area contributed by atoms with Crippen LogP contribution in [0.15, 0.2) is 48.8 Å². The number of amides is 1. The van der Waals surface area contributed by atoms with Crippen LogP contribution in [0.2, 0.25) is 0 Å². The maximum Gasteiger partial charge on any atom is 0.255 e. The largest absolute Gasteiger partial charge is 0.343 e. The number of hydrogen-bond acceptors (Lipinski definition) is 3. The van der Waals surface area contributed by atoms with Gasteiger partial charge in [0.2, 0.25) is 0 Å². The third-order valence-corrected chi connectivity index (χ3v) is 4.63. The predicted molar refractivity (Wildman–Crippen MR) is 95.9 cm³/mol. The van der Waals surface area contributed by atoms with E-state index in [-0.39, 0.29) is 17.8 Å². The van der Waals surface area contributed by atoms with E-state index in [4.69, 9.17) is 0 Å². The van der Waals surface area contributed by atoms with Gasteiger partial charge in [0.1, 0.15) is 5.82 Å². The number of rotatable bonds is 5. The molecule has 1 aliphatic carbocycles. The minimum absolute atomic E-state index is 0.127. The van der Waals surface area contributed by atoms with Crippen LogP contribution in [0.4, 0.5) is 4.39 Å². The smallest absolute Gasteiger partial charge is 0.255 e. The lowest BCUT2D eigenvalue weighted by atomic mass is 10.0. The Balaban J connectivity index is 1.61. The summed E-state index contributed by atoms with van der Waals surface area (Å²) in [6.45, 7) is 2.01. The second kappa shape index (κ2) is 6.71.